The number of nitrogens with one attached hydrogen (secondary N) is 2. The molecular formula is C20H32N4O. The van der Waals surface area contributed by atoms with Gasteiger partial charge in [0.1, 0.15) is 0 Å². The molecule has 1 heterocycles. The van der Waals surface area contributed by atoms with Gasteiger partial charge in [-0.2, -0.15) is 0 Å². The summed E-state index contributed by atoms with van der Waals surface area (Å²) in [5, 5.41) is 6.27. The van der Waals surface area contributed by atoms with E-state index in [-0.39, 0.29) is 5.91 Å². The van der Waals surface area contributed by atoms with Gasteiger partial charge in [-0.25, -0.2) is 0 Å². The summed E-state index contributed by atoms with van der Waals surface area (Å²) >= 11 is 0. The lowest BCUT2D eigenvalue weighted by Crippen LogP contribution is -2.39. The molecule has 1 aliphatic rings. The van der Waals surface area contributed by atoms with Crippen LogP contribution in [0.25, 0.3) is 0 Å². The number of guanidine groups is 1. The Labute approximate surface area is 151 Å². The van der Waals surface area contributed by atoms with Gasteiger partial charge in [0, 0.05) is 38.8 Å². The Bertz CT molecular complexity index is 580. The summed E-state index contributed by atoms with van der Waals surface area (Å²) in [7, 11) is 1.84. The van der Waals surface area contributed by atoms with E-state index in [2.05, 4.69) is 34.4 Å². The molecule has 0 bridgehead atoms. The third-order valence-corrected chi connectivity index (χ3v) is 4.61. The lowest BCUT2D eigenvalue weighted by Gasteiger charge is -2.22. The van der Waals surface area contributed by atoms with Gasteiger partial charge in [-0.05, 0) is 49.3 Å². The van der Waals surface area contributed by atoms with Crippen LogP contribution < -0.4 is 10.6 Å². The SMILES string of the molecule is CCNC(=O)c1ccc(CNC(=NC)N2CCC(CC(C)C)C2)cc1. The number of nitrogens with zero attached hydrogens (tertiary/aromatic N) is 2. The molecule has 2 N–H and O–H groups in total. The van der Waals surface area contributed by atoms with Gasteiger partial charge in [-0.1, -0.05) is 26.0 Å². The topological polar surface area (TPSA) is 56.7 Å². The highest BCUT2D eigenvalue weighted by molar-refractivity contribution is 5.94. The fourth-order valence-electron chi connectivity index (χ4n) is 3.43. The highest BCUT2D eigenvalue weighted by Gasteiger charge is 2.25. The van der Waals surface area contributed by atoms with Crippen molar-refractivity contribution in [3.8, 4) is 0 Å². The first-order valence-electron chi connectivity index (χ1n) is 9.36. The molecular weight excluding hydrogens is 312 g/mol. The van der Waals surface area contributed by atoms with Gasteiger partial charge in [-0.15, -0.1) is 0 Å². The van der Waals surface area contributed by atoms with Gasteiger partial charge in [0.2, 0.25) is 0 Å². The Kier molecular flexibility index (Phi) is 7.29. The molecule has 138 valence electrons. The van der Waals surface area contributed by atoms with E-state index < -0.39 is 0 Å². The molecule has 1 saturated heterocycles. The summed E-state index contributed by atoms with van der Waals surface area (Å²) in [6.45, 7) is 10.0. The van der Waals surface area contributed by atoms with Gasteiger partial charge in [0.05, 0.1) is 0 Å². The van der Waals surface area contributed by atoms with Crippen LogP contribution in [0.2, 0.25) is 0 Å². The molecule has 2 rings (SSSR count). The molecule has 0 saturated carbocycles. The third-order valence-electron chi connectivity index (χ3n) is 4.61. The van der Waals surface area contributed by atoms with Crippen LogP contribution in [0.5, 0.6) is 0 Å². The van der Waals surface area contributed by atoms with Crippen LogP contribution in [-0.4, -0.2) is 43.4 Å². The molecule has 0 aliphatic carbocycles. The lowest BCUT2D eigenvalue weighted by atomic mass is 9.97. The van der Waals surface area contributed by atoms with E-state index in [1.807, 2.05) is 38.2 Å². The van der Waals surface area contributed by atoms with Crippen LogP contribution in [0.4, 0.5) is 0 Å². The van der Waals surface area contributed by atoms with Gasteiger partial charge >= 0.3 is 0 Å². The van der Waals surface area contributed by atoms with Crippen molar-refractivity contribution in [2.24, 2.45) is 16.8 Å². The summed E-state index contributed by atoms with van der Waals surface area (Å²) in [5.74, 6) is 2.48. The van der Waals surface area contributed by atoms with Crippen molar-refractivity contribution in [2.45, 2.75) is 40.2 Å². The fraction of sp³-hybridized carbons (Fsp3) is 0.600. The standard InChI is InChI=1S/C20H32N4O/c1-5-22-19(25)18-8-6-16(7-9-18)13-23-20(21-4)24-11-10-17(14-24)12-15(2)3/h6-9,15,17H,5,10-14H2,1-4H3,(H,21,23)(H,22,25). The van der Waals surface area contributed by atoms with Crippen LogP contribution in [0, 0.1) is 11.8 Å². The maximum atomic E-state index is 11.8. The first-order chi connectivity index (χ1) is 12.0. The van der Waals surface area contributed by atoms with Crippen LogP contribution in [0.1, 0.15) is 49.5 Å². The lowest BCUT2D eigenvalue weighted by molar-refractivity contribution is 0.0956. The predicted molar refractivity (Wildman–Crippen MR) is 104 cm³/mol. The quantitative estimate of drug-likeness (QED) is 0.616. The van der Waals surface area contributed by atoms with Crippen LogP contribution >= 0.6 is 0 Å². The van der Waals surface area contributed by atoms with E-state index in [0.717, 1.165) is 36.4 Å². The summed E-state index contributed by atoms with van der Waals surface area (Å²) < 4.78 is 0. The predicted octanol–water partition coefficient (Wildman–Crippen LogP) is 2.88. The molecule has 5 heteroatoms. The second-order valence-corrected chi connectivity index (χ2v) is 7.19. The van der Waals surface area contributed by atoms with E-state index >= 15 is 0 Å². The van der Waals surface area contributed by atoms with E-state index in [1.54, 1.807) is 0 Å². The number of amides is 1. The summed E-state index contributed by atoms with van der Waals surface area (Å²) in [4.78, 5) is 18.6. The minimum Gasteiger partial charge on any atom is -0.352 e. The maximum Gasteiger partial charge on any atom is 0.251 e. The molecule has 1 fully saturated rings. The Morgan fingerprint density at radius 2 is 2.00 bits per heavy atom. The van der Waals surface area contributed by atoms with E-state index in [4.69, 9.17) is 0 Å². The second kappa shape index (κ2) is 9.44. The number of carbonyl (C=O) groups is 1. The van der Waals surface area contributed by atoms with Crippen molar-refractivity contribution in [2.75, 3.05) is 26.7 Å². The molecule has 1 aliphatic heterocycles. The molecule has 0 radical (unpaired) electrons. The third kappa shape index (κ3) is 5.76. The average molecular weight is 345 g/mol. The number of carbonyl (C=O) groups excluding carboxylic acids is 1. The first-order valence-corrected chi connectivity index (χ1v) is 9.36. The Hall–Kier alpha value is -2.04. The van der Waals surface area contributed by atoms with Crippen LogP contribution in [0.3, 0.4) is 0 Å². The Balaban J connectivity index is 1.86. The van der Waals surface area contributed by atoms with Crippen molar-refractivity contribution in [1.29, 1.82) is 0 Å². The number of likely N-dealkylation sites (tertiary alicyclic amines) is 1. The Morgan fingerprint density at radius 3 is 2.60 bits per heavy atom. The molecule has 1 aromatic carbocycles. The first kappa shape index (κ1) is 19.3. The molecule has 1 unspecified atom stereocenters. The van der Waals surface area contributed by atoms with Crippen molar-refractivity contribution in [1.82, 2.24) is 15.5 Å². The summed E-state index contributed by atoms with van der Waals surface area (Å²) in [6.07, 6.45) is 2.54. The normalized spacial score (nSPS) is 17.9. The average Bonchev–Trinajstić information content (AvgIpc) is 3.04. The number of hydrogen-bond acceptors (Lipinski definition) is 2. The molecule has 1 atom stereocenters. The second-order valence-electron chi connectivity index (χ2n) is 7.19. The molecule has 5 nitrogen and oxygen atoms in total. The summed E-state index contributed by atoms with van der Waals surface area (Å²) in [6, 6.07) is 7.74. The zero-order valence-electron chi connectivity index (χ0n) is 16.0. The van der Waals surface area contributed by atoms with Crippen molar-refractivity contribution in [3.63, 3.8) is 0 Å². The number of benzene rings is 1. The largest absolute Gasteiger partial charge is 0.352 e. The van der Waals surface area contributed by atoms with E-state index in [9.17, 15) is 4.79 Å². The zero-order chi connectivity index (χ0) is 18.2. The minimum atomic E-state index is -0.0221. The minimum absolute atomic E-state index is 0.0221. The fourth-order valence-corrected chi connectivity index (χ4v) is 3.43. The highest BCUT2D eigenvalue weighted by atomic mass is 16.1. The summed E-state index contributed by atoms with van der Waals surface area (Å²) in [5.41, 5.74) is 1.85. The number of aliphatic imine (C=N–C) groups is 1. The van der Waals surface area contributed by atoms with Crippen molar-refractivity contribution >= 4 is 11.9 Å². The molecule has 1 aromatic rings. The van der Waals surface area contributed by atoms with Gasteiger partial charge in [-0.3, -0.25) is 9.79 Å². The molecule has 1 amide bonds. The monoisotopic (exact) mass is 344 g/mol. The highest BCUT2D eigenvalue weighted by Crippen LogP contribution is 2.23. The van der Waals surface area contributed by atoms with E-state index in [1.165, 1.54) is 12.8 Å². The number of rotatable bonds is 6. The number of hydrogen-bond donors (Lipinski definition) is 2. The van der Waals surface area contributed by atoms with E-state index in [0.29, 0.717) is 18.7 Å². The van der Waals surface area contributed by atoms with Gasteiger partial charge in [0.15, 0.2) is 5.96 Å². The van der Waals surface area contributed by atoms with Gasteiger partial charge < -0.3 is 15.5 Å². The van der Waals surface area contributed by atoms with Crippen LogP contribution in [-0.2, 0) is 6.54 Å². The van der Waals surface area contributed by atoms with Crippen molar-refractivity contribution < 1.29 is 4.79 Å². The van der Waals surface area contributed by atoms with Crippen molar-refractivity contribution in [3.05, 3.63) is 35.4 Å². The van der Waals surface area contributed by atoms with Crippen LogP contribution in [0.15, 0.2) is 29.3 Å². The smallest absolute Gasteiger partial charge is 0.251 e. The Morgan fingerprint density at radius 1 is 1.28 bits per heavy atom. The van der Waals surface area contributed by atoms with Gasteiger partial charge in [0.25, 0.3) is 5.91 Å². The molecule has 25 heavy (non-hydrogen) atoms. The maximum absolute atomic E-state index is 11.8. The zero-order valence-corrected chi connectivity index (χ0v) is 16.0. The molecule has 0 aromatic heterocycles. The molecule has 0 spiro atoms.